The van der Waals surface area contributed by atoms with Crippen molar-refractivity contribution >= 4 is 34.8 Å². The molecule has 2 bridgehead atoms. The fourth-order valence-corrected chi connectivity index (χ4v) is 4.66. The number of anilines is 1. The summed E-state index contributed by atoms with van der Waals surface area (Å²) in [6, 6.07) is 3.79. The van der Waals surface area contributed by atoms with E-state index in [9.17, 15) is 19.7 Å². The van der Waals surface area contributed by atoms with Crippen molar-refractivity contribution in [2.45, 2.75) is 13.8 Å². The van der Waals surface area contributed by atoms with E-state index < -0.39 is 16.8 Å². The van der Waals surface area contributed by atoms with E-state index in [0.717, 1.165) is 16.0 Å². The Morgan fingerprint density at radius 1 is 1.12 bits per heavy atom. The molecule has 7 heteroatoms. The Balaban J connectivity index is 1.79. The van der Waals surface area contributed by atoms with Gasteiger partial charge in [-0.05, 0) is 19.9 Å². The van der Waals surface area contributed by atoms with Gasteiger partial charge in [-0.2, -0.15) is 0 Å². The van der Waals surface area contributed by atoms with Crippen LogP contribution in [-0.2, 0) is 9.59 Å². The highest BCUT2D eigenvalue weighted by Gasteiger charge is 2.62. The molecule has 128 valence electrons. The summed E-state index contributed by atoms with van der Waals surface area (Å²) >= 11 is 6.14. The Kier molecular flexibility index (Phi) is 3.37. The highest BCUT2D eigenvalue weighted by atomic mass is 35.5. The number of hydrogen-bond acceptors (Lipinski definition) is 4. The van der Waals surface area contributed by atoms with Gasteiger partial charge in [0.05, 0.1) is 27.5 Å². The van der Waals surface area contributed by atoms with E-state index in [4.69, 9.17) is 11.6 Å². The van der Waals surface area contributed by atoms with Crippen LogP contribution >= 0.6 is 11.6 Å². The lowest BCUT2D eigenvalue weighted by molar-refractivity contribution is -0.384. The average Bonchev–Trinajstić information content (AvgIpc) is 3.18. The van der Waals surface area contributed by atoms with Crippen molar-refractivity contribution in [3.8, 4) is 0 Å². The van der Waals surface area contributed by atoms with Gasteiger partial charge in [-0.3, -0.25) is 19.7 Å². The van der Waals surface area contributed by atoms with Gasteiger partial charge >= 0.3 is 0 Å². The Bertz CT molecular complexity index is 866. The molecule has 2 amide bonds. The van der Waals surface area contributed by atoms with Crippen molar-refractivity contribution in [3.05, 3.63) is 56.6 Å². The molecule has 1 aromatic carbocycles. The highest BCUT2D eigenvalue weighted by Crippen LogP contribution is 2.57. The minimum absolute atomic E-state index is 0.0704. The Morgan fingerprint density at radius 3 is 2.16 bits per heavy atom. The number of carbonyl (C=O) groups is 2. The molecule has 1 saturated carbocycles. The number of nitro benzene ring substituents is 1. The molecule has 4 unspecified atom stereocenters. The van der Waals surface area contributed by atoms with Crippen LogP contribution in [0.3, 0.4) is 0 Å². The topological polar surface area (TPSA) is 80.5 Å². The lowest BCUT2D eigenvalue weighted by atomic mass is 9.85. The van der Waals surface area contributed by atoms with E-state index >= 15 is 0 Å². The van der Waals surface area contributed by atoms with Gasteiger partial charge < -0.3 is 0 Å². The number of imide groups is 1. The summed E-state index contributed by atoms with van der Waals surface area (Å²) in [4.78, 5) is 37.5. The molecule has 2 fully saturated rings. The number of halogens is 1. The molecule has 1 heterocycles. The number of carbonyl (C=O) groups excluding carboxylic acids is 2. The zero-order valence-corrected chi connectivity index (χ0v) is 14.4. The molecule has 1 aromatic rings. The normalized spacial score (nSPS) is 29.6. The summed E-state index contributed by atoms with van der Waals surface area (Å²) in [5.41, 5.74) is 2.18. The van der Waals surface area contributed by atoms with Gasteiger partial charge in [-0.25, -0.2) is 4.90 Å². The van der Waals surface area contributed by atoms with E-state index in [2.05, 4.69) is 0 Å². The first-order chi connectivity index (χ1) is 11.8. The Morgan fingerprint density at radius 2 is 1.68 bits per heavy atom. The molecule has 6 nitrogen and oxygen atoms in total. The largest absolute Gasteiger partial charge is 0.274 e. The second kappa shape index (κ2) is 5.26. The van der Waals surface area contributed by atoms with Crippen molar-refractivity contribution in [1.29, 1.82) is 0 Å². The molecule has 0 N–H and O–H groups in total. The number of benzene rings is 1. The number of fused-ring (bicyclic) bond motifs is 5. The summed E-state index contributed by atoms with van der Waals surface area (Å²) in [7, 11) is 0. The quantitative estimate of drug-likeness (QED) is 0.350. The molecule has 1 saturated heterocycles. The van der Waals surface area contributed by atoms with E-state index in [1.165, 1.54) is 18.2 Å². The summed E-state index contributed by atoms with van der Waals surface area (Å²) in [6.07, 6.45) is 4.00. The Hall–Kier alpha value is -2.47. The predicted molar refractivity (Wildman–Crippen MR) is 92.1 cm³/mol. The fourth-order valence-electron chi connectivity index (χ4n) is 4.45. The first-order valence-electron chi connectivity index (χ1n) is 8.00. The zero-order chi connectivity index (χ0) is 18.0. The van der Waals surface area contributed by atoms with Gasteiger partial charge in [-0.1, -0.05) is 34.9 Å². The monoisotopic (exact) mass is 358 g/mol. The van der Waals surface area contributed by atoms with Crippen molar-refractivity contribution < 1.29 is 14.5 Å². The molecule has 2 aliphatic carbocycles. The van der Waals surface area contributed by atoms with Crippen LogP contribution in [0.5, 0.6) is 0 Å². The van der Waals surface area contributed by atoms with Gasteiger partial charge in [0.2, 0.25) is 11.8 Å². The minimum Gasteiger partial charge on any atom is -0.274 e. The number of nitro groups is 1. The third kappa shape index (κ3) is 2.03. The molecule has 0 aromatic heterocycles. The number of hydrogen-bond donors (Lipinski definition) is 0. The van der Waals surface area contributed by atoms with Crippen LogP contribution in [0.25, 0.3) is 0 Å². The molecule has 3 aliphatic rings. The molecule has 4 rings (SSSR count). The average molecular weight is 359 g/mol. The highest BCUT2D eigenvalue weighted by molar-refractivity contribution is 6.36. The summed E-state index contributed by atoms with van der Waals surface area (Å²) < 4.78 is 0. The number of amides is 2. The summed E-state index contributed by atoms with van der Waals surface area (Å²) in [6.45, 7) is 3.99. The molecular weight excluding hydrogens is 344 g/mol. The second-order valence-electron chi connectivity index (χ2n) is 6.85. The fraction of sp³-hybridized carbons (Fsp3) is 0.333. The minimum atomic E-state index is -0.571. The third-order valence-electron chi connectivity index (χ3n) is 5.37. The number of nitrogens with zero attached hydrogens (tertiary/aromatic N) is 2. The maximum atomic E-state index is 13.0. The van der Waals surface area contributed by atoms with Crippen LogP contribution in [0.4, 0.5) is 11.4 Å². The predicted octanol–water partition coefficient (Wildman–Crippen LogP) is 3.51. The summed E-state index contributed by atoms with van der Waals surface area (Å²) in [5.74, 6) is -1.68. The maximum absolute atomic E-state index is 13.0. The number of non-ortho nitro benzene ring substituents is 1. The van der Waals surface area contributed by atoms with Gasteiger partial charge in [0.25, 0.3) is 5.69 Å². The van der Waals surface area contributed by atoms with Crippen LogP contribution in [0, 0.1) is 33.8 Å². The van der Waals surface area contributed by atoms with E-state index in [-0.39, 0.29) is 40.0 Å². The lowest BCUT2D eigenvalue weighted by Gasteiger charge is -2.20. The van der Waals surface area contributed by atoms with Crippen molar-refractivity contribution in [3.63, 3.8) is 0 Å². The zero-order valence-electron chi connectivity index (χ0n) is 13.6. The van der Waals surface area contributed by atoms with Crippen molar-refractivity contribution in [2.24, 2.45) is 23.7 Å². The van der Waals surface area contributed by atoms with Gasteiger partial charge in [-0.15, -0.1) is 0 Å². The van der Waals surface area contributed by atoms with Gasteiger partial charge in [0.1, 0.15) is 0 Å². The molecular formula is C18H15ClN2O4. The van der Waals surface area contributed by atoms with E-state index in [1.54, 1.807) is 0 Å². The smallest absolute Gasteiger partial charge is 0.271 e. The summed E-state index contributed by atoms with van der Waals surface area (Å²) in [5, 5.41) is 11.2. The number of rotatable bonds is 2. The van der Waals surface area contributed by atoms with Crippen LogP contribution in [-0.4, -0.2) is 16.7 Å². The standard InChI is InChI=1S/C18H15ClN2O4/c1-8(2)14-10-4-5-11(14)16-15(10)17(22)20(18(16)23)13-7-9(21(24)25)3-6-12(13)19/h3-7,10-11,15-16H,1-2H3. The maximum Gasteiger partial charge on any atom is 0.271 e. The Labute approximate surface area is 148 Å². The van der Waals surface area contributed by atoms with Gasteiger partial charge in [0.15, 0.2) is 0 Å². The number of allylic oxidation sites excluding steroid dienone is 4. The first kappa shape index (κ1) is 16.0. The van der Waals surface area contributed by atoms with Crippen LogP contribution in [0.2, 0.25) is 5.02 Å². The van der Waals surface area contributed by atoms with Crippen molar-refractivity contribution in [2.75, 3.05) is 4.90 Å². The van der Waals surface area contributed by atoms with E-state index in [0.29, 0.717) is 0 Å². The van der Waals surface area contributed by atoms with Crippen molar-refractivity contribution in [1.82, 2.24) is 0 Å². The molecule has 0 radical (unpaired) electrons. The van der Waals surface area contributed by atoms with Crippen LogP contribution < -0.4 is 4.90 Å². The SMILES string of the molecule is CC(C)=C1C2C=CC1C1C(=O)N(c3cc([N+](=O)[O-])ccc3Cl)C(=O)C21. The third-order valence-corrected chi connectivity index (χ3v) is 5.69. The molecule has 25 heavy (non-hydrogen) atoms. The molecule has 1 aliphatic heterocycles. The van der Waals surface area contributed by atoms with Gasteiger partial charge in [0, 0.05) is 24.0 Å². The molecule has 4 atom stereocenters. The van der Waals surface area contributed by atoms with E-state index in [1.807, 2.05) is 26.0 Å². The first-order valence-corrected chi connectivity index (χ1v) is 8.38. The molecule has 0 spiro atoms. The second-order valence-corrected chi connectivity index (χ2v) is 7.26. The lowest BCUT2D eigenvalue weighted by Crippen LogP contribution is -2.33. The van der Waals surface area contributed by atoms with Crippen LogP contribution in [0.1, 0.15) is 13.8 Å². The van der Waals surface area contributed by atoms with Crippen LogP contribution in [0.15, 0.2) is 41.5 Å².